The van der Waals surface area contributed by atoms with Crippen molar-refractivity contribution >= 4 is 11.3 Å². The third-order valence-corrected chi connectivity index (χ3v) is 5.76. The average Bonchev–Trinajstić information content (AvgIpc) is 3.27. The van der Waals surface area contributed by atoms with Gasteiger partial charge in [-0.1, -0.05) is 12.1 Å². The normalized spacial score (nSPS) is 12.3. The first-order valence-corrected chi connectivity index (χ1v) is 10.6. The quantitative estimate of drug-likeness (QED) is 0.477. The molecule has 0 saturated carbocycles. The Labute approximate surface area is 171 Å². The van der Waals surface area contributed by atoms with Gasteiger partial charge in [-0.25, -0.2) is 0 Å². The lowest BCUT2D eigenvalue weighted by Gasteiger charge is -2.13. The smallest absolute Gasteiger partial charge is 0.154 e. The molecule has 5 heteroatoms. The van der Waals surface area contributed by atoms with Gasteiger partial charge in [0, 0.05) is 23.6 Å². The van der Waals surface area contributed by atoms with Gasteiger partial charge in [-0.15, -0.1) is 11.3 Å². The maximum absolute atomic E-state index is 9.65. The first-order chi connectivity index (χ1) is 13.6. The fourth-order valence-corrected chi connectivity index (χ4v) is 4.13. The Morgan fingerprint density at radius 1 is 1.04 bits per heavy atom. The highest BCUT2D eigenvalue weighted by Gasteiger charge is 2.09. The van der Waals surface area contributed by atoms with E-state index in [2.05, 4.69) is 54.8 Å². The Balaban J connectivity index is 1.52. The fraction of sp³-hybridized carbons (Fsp3) is 0.391. The predicted octanol–water partition coefficient (Wildman–Crippen LogP) is 5.20. The second kappa shape index (κ2) is 9.92. The minimum Gasteiger partial charge on any atom is -0.492 e. The van der Waals surface area contributed by atoms with E-state index in [4.69, 9.17) is 9.47 Å². The summed E-state index contributed by atoms with van der Waals surface area (Å²) in [7, 11) is 0. The minimum atomic E-state index is -0.688. The predicted molar refractivity (Wildman–Crippen MR) is 115 cm³/mol. The molecule has 0 aliphatic carbocycles. The van der Waals surface area contributed by atoms with Gasteiger partial charge in [0.05, 0.1) is 17.1 Å². The molecule has 0 amide bonds. The molecule has 0 radical (unpaired) electrons. The highest BCUT2D eigenvalue weighted by molar-refractivity contribution is 7.15. The number of hydrogen-bond donors (Lipinski definition) is 1. The molecule has 0 aliphatic heterocycles. The largest absolute Gasteiger partial charge is 0.492 e. The Bertz CT molecular complexity index is 866. The lowest BCUT2D eigenvalue weighted by atomic mass is 10.1. The third-order valence-electron chi connectivity index (χ3n) is 4.74. The van der Waals surface area contributed by atoms with E-state index in [-0.39, 0.29) is 0 Å². The summed E-state index contributed by atoms with van der Waals surface area (Å²) < 4.78 is 13.4. The molecular weight excluding hydrogens is 370 g/mol. The Hall–Kier alpha value is -2.08. The second-order valence-electron chi connectivity index (χ2n) is 6.86. The zero-order chi connectivity index (χ0) is 19.9. The van der Waals surface area contributed by atoms with Crippen molar-refractivity contribution in [1.29, 1.82) is 0 Å². The molecule has 28 heavy (non-hydrogen) atoms. The number of hydrogen-bond acceptors (Lipinski definition) is 4. The van der Waals surface area contributed by atoms with Crippen LogP contribution >= 0.6 is 11.3 Å². The van der Waals surface area contributed by atoms with Crippen LogP contribution in [0.5, 0.6) is 5.75 Å². The van der Waals surface area contributed by atoms with Gasteiger partial charge in [-0.3, -0.25) is 0 Å². The van der Waals surface area contributed by atoms with Crippen LogP contribution in [0.3, 0.4) is 0 Å². The zero-order valence-corrected chi connectivity index (χ0v) is 17.7. The maximum Gasteiger partial charge on any atom is 0.154 e. The molecule has 4 nitrogen and oxygen atoms in total. The first-order valence-electron chi connectivity index (χ1n) is 9.81. The first kappa shape index (κ1) is 20.6. The van der Waals surface area contributed by atoms with Gasteiger partial charge >= 0.3 is 0 Å². The van der Waals surface area contributed by atoms with E-state index in [0.29, 0.717) is 19.6 Å². The van der Waals surface area contributed by atoms with Crippen LogP contribution in [0, 0.1) is 13.8 Å². The molecule has 0 aliphatic rings. The van der Waals surface area contributed by atoms with Gasteiger partial charge < -0.3 is 19.1 Å². The van der Waals surface area contributed by atoms with E-state index >= 15 is 0 Å². The number of thiophene rings is 1. The van der Waals surface area contributed by atoms with E-state index < -0.39 is 6.29 Å². The number of nitrogens with zero attached hydrogens (tertiary/aromatic N) is 1. The molecule has 1 atom stereocenters. The van der Waals surface area contributed by atoms with Crippen LogP contribution in [-0.2, 0) is 17.7 Å². The van der Waals surface area contributed by atoms with Gasteiger partial charge in [0.15, 0.2) is 6.29 Å². The van der Waals surface area contributed by atoms with Crippen LogP contribution in [0.15, 0.2) is 48.5 Å². The minimum absolute atomic E-state index is 0.530. The zero-order valence-electron chi connectivity index (χ0n) is 16.9. The highest BCUT2D eigenvalue weighted by Crippen LogP contribution is 2.29. The molecule has 0 fully saturated rings. The Morgan fingerprint density at radius 2 is 1.82 bits per heavy atom. The molecule has 1 unspecified atom stereocenters. The van der Waals surface area contributed by atoms with Crippen molar-refractivity contribution in [3.05, 3.63) is 64.7 Å². The molecule has 0 bridgehead atoms. The van der Waals surface area contributed by atoms with E-state index in [0.717, 1.165) is 18.7 Å². The SMILES string of the molecule is CCOC(O)CCc1ccc(OCCn2c(C)ccc2-c2ccc(C)s2)cc1. The van der Waals surface area contributed by atoms with Crippen LogP contribution in [-0.4, -0.2) is 29.2 Å². The summed E-state index contributed by atoms with van der Waals surface area (Å²) in [6.45, 7) is 8.12. The monoisotopic (exact) mass is 399 g/mol. The molecule has 0 saturated heterocycles. The average molecular weight is 400 g/mol. The van der Waals surface area contributed by atoms with Crippen LogP contribution in [0.1, 0.15) is 29.5 Å². The molecule has 3 aromatic rings. The molecule has 150 valence electrons. The molecule has 3 rings (SSSR count). The maximum atomic E-state index is 9.65. The number of ether oxygens (including phenoxy) is 2. The molecule has 1 N–H and O–H groups in total. The van der Waals surface area contributed by atoms with Crippen LogP contribution in [0.25, 0.3) is 10.6 Å². The summed E-state index contributed by atoms with van der Waals surface area (Å²) in [5, 5.41) is 9.65. The third kappa shape index (κ3) is 5.47. The molecule has 2 heterocycles. The van der Waals surface area contributed by atoms with Crippen LogP contribution < -0.4 is 4.74 Å². The molecular formula is C23H29NO3S. The lowest BCUT2D eigenvalue weighted by molar-refractivity contribution is -0.0980. The summed E-state index contributed by atoms with van der Waals surface area (Å²) in [6, 6.07) is 16.8. The van der Waals surface area contributed by atoms with Crippen molar-refractivity contribution in [2.24, 2.45) is 0 Å². The van der Waals surface area contributed by atoms with E-state index in [1.807, 2.05) is 30.4 Å². The van der Waals surface area contributed by atoms with Crippen molar-refractivity contribution < 1.29 is 14.6 Å². The number of benzene rings is 1. The molecule has 2 aromatic heterocycles. The summed E-state index contributed by atoms with van der Waals surface area (Å²) in [5.41, 5.74) is 3.66. The Kier molecular flexibility index (Phi) is 7.31. The van der Waals surface area contributed by atoms with Gasteiger partial charge in [-0.2, -0.15) is 0 Å². The molecule has 0 spiro atoms. The number of aliphatic hydroxyl groups is 1. The van der Waals surface area contributed by atoms with Gasteiger partial charge in [0.2, 0.25) is 0 Å². The summed E-state index contributed by atoms with van der Waals surface area (Å²) in [6.07, 6.45) is 0.701. The van der Waals surface area contributed by atoms with Crippen LogP contribution in [0.2, 0.25) is 0 Å². The van der Waals surface area contributed by atoms with Gasteiger partial charge in [0.1, 0.15) is 12.4 Å². The van der Waals surface area contributed by atoms with Gasteiger partial charge in [-0.05, 0) is 69.2 Å². The summed E-state index contributed by atoms with van der Waals surface area (Å²) in [4.78, 5) is 2.62. The van der Waals surface area contributed by atoms with Crippen molar-refractivity contribution in [1.82, 2.24) is 4.57 Å². The van der Waals surface area contributed by atoms with Crippen molar-refractivity contribution in [2.75, 3.05) is 13.2 Å². The van der Waals surface area contributed by atoms with Crippen molar-refractivity contribution in [2.45, 2.75) is 46.4 Å². The lowest BCUT2D eigenvalue weighted by Crippen LogP contribution is -2.12. The standard InChI is InChI=1S/C23H29NO3S/c1-4-26-23(25)14-9-19-7-10-20(11-8-19)27-16-15-24-17(2)5-12-21(24)22-13-6-18(3)28-22/h5-8,10-13,23,25H,4,9,14-16H2,1-3H3. The number of aryl methyl sites for hydroxylation is 3. The van der Waals surface area contributed by atoms with E-state index in [1.54, 1.807) is 0 Å². The van der Waals surface area contributed by atoms with E-state index in [9.17, 15) is 5.11 Å². The number of aromatic nitrogens is 1. The topological polar surface area (TPSA) is 43.6 Å². The molecule has 1 aromatic carbocycles. The van der Waals surface area contributed by atoms with Crippen LogP contribution in [0.4, 0.5) is 0 Å². The van der Waals surface area contributed by atoms with E-state index in [1.165, 1.54) is 26.7 Å². The van der Waals surface area contributed by atoms with Crippen molar-refractivity contribution in [3.63, 3.8) is 0 Å². The Morgan fingerprint density at radius 3 is 2.50 bits per heavy atom. The summed E-state index contributed by atoms with van der Waals surface area (Å²) >= 11 is 1.82. The number of rotatable bonds is 10. The summed E-state index contributed by atoms with van der Waals surface area (Å²) in [5.74, 6) is 0.868. The second-order valence-corrected chi connectivity index (χ2v) is 8.15. The highest BCUT2D eigenvalue weighted by atomic mass is 32.1. The van der Waals surface area contributed by atoms with Crippen molar-refractivity contribution in [3.8, 4) is 16.3 Å². The fourth-order valence-electron chi connectivity index (χ4n) is 3.23. The van der Waals surface area contributed by atoms with Gasteiger partial charge in [0.25, 0.3) is 0 Å². The number of aliphatic hydroxyl groups excluding tert-OH is 1.